The lowest BCUT2D eigenvalue weighted by Crippen LogP contribution is -2.34. The molecule has 682 valence electrons. The Morgan fingerprint density at radius 2 is 0.711 bits per heavy atom. The summed E-state index contributed by atoms with van der Waals surface area (Å²) in [5.74, 6) is -0.770. The average molecular weight is 1810 g/mol. The number of nitrogens with zero attached hydrogens (tertiary/aromatic N) is 15. The number of hydrogen-bond acceptors (Lipinski definition) is 15. The fourth-order valence-corrected chi connectivity index (χ4v) is 16.4. The number of halogens is 4. The maximum Gasteiger partial charge on any atom is 0.342 e. The van der Waals surface area contributed by atoms with Gasteiger partial charge in [0.2, 0.25) is 5.91 Å². The van der Waals surface area contributed by atoms with Gasteiger partial charge in [-0.25, -0.2) is 36.7 Å². The molecule has 0 bridgehead atoms. The molecule has 5 N–H and O–H groups in total. The number of benzene rings is 9. The fourth-order valence-electron chi connectivity index (χ4n) is 16.4. The molecule has 1 saturated heterocycles. The molecular formula is C106H100F4N20O5. The van der Waals surface area contributed by atoms with Crippen molar-refractivity contribution < 1.29 is 41.5 Å². The van der Waals surface area contributed by atoms with E-state index in [0.29, 0.717) is 79.8 Å². The molecule has 29 heteroatoms. The van der Waals surface area contributed by atoms with E-state index in [1.165, 1.54) is 48.4 Å². The number of aromatic amines is 1. The number of nitrogens with one attached hydrogen (secondary N) is 5. The maximum atomic E-state index is 13.8. The normalized spacial score (nSPS) is 11.9. The van der Waals surface area contributed by atoms with Crippen molar-refractivity contribution in [3.8, 4) is 89.5 Å². The molecule has 135 heavy (non-hydrogen) atoms. The van der Waals surface area contributed by atoms with E-state index in [1.807, 2.05) is 184 Å². The summed E-state index contributed by atoms with van der Waals surface area (Å²) in [6.45, 7) is 12.2. The van der Waals surface area contributed by atoms with Crippen molar-refractivity contribution in [3.05, 3.63) is 325 Å². The van der Waals surface area contributed by atoms with Crippen LogP contribution in [0.15, 0.2) is 274 Å². The van der Waals surface area contributed by atoms with Crippen LogP contribution in [0.2, 0.25) is 0 Å². The van der Waals surface area contributed by atoms with Crippen molar-refractivity contribution in [3.63, 3.8) is 0 Å². The van der Waals surface area contributed by atoms with Crippen LogP contribution >= 0.6 is 0 Å². The molecule has 0 spiro atoms. The SMILES string of the molecule is Cc1cc(-c2ncccc2-c2ccc3c(cnn3C(=O)NCCCN(C)C)c2)ccc1F.Cc1cc(-c2ncccc2-c2ccc3c(cnn3C(=O)NCCCN3CCCC3=O)c2)ccc1F.Cc1cc(-c2ncccc2-c2ccc3c(cnn3C(=O)NCCN(C)C)c2)ccc1F.Cc1cc(-c2ncccc2-c2ccc3c(cnn3C(=O)NCCc3c[nH]c4ccccc34)c2)ccc1F. The van der Waals surface area contributed by atoms with Gasteiger partial charge in [0.15, 0.2) is 0 Å². The molecule has 9 aromatic heterocycles. The van der Waals surface area contributed by atoms with Gasteiger partial charge in [0.1, 0.15) is 23.3 Å². The molecule has 1 fully saturated rings. The summed E-state index contributed by atoms with van der Waals surface area (Å²) < 4.78 is 60.6. The first-order valence-corrected chi connectivity index (χ1v) is 44.5. The quantitative estimate of drug-likeness (QED) is 0.0311. The van der Waals surface area contributed by atoms with Crippen molar-refractivity contribution in [2.45, 2.75) is 59.8 Å². The number of likely N-dealkylation sites (N-methyl/N-ethyl adjacent to an activating group) is 1. The predicted octanol–water partition coefficient (Wildman–Crippen LogP) is 20.3. The zero-order chi connectivity index (χ0) is 94.3. The number of carbonyl (C=O) groups is 5. The highest BCUT2D eigenvalue weighted by Crippen LogP contribution is 2.39. The number of aryl methyl sites for hydroxylation is 4. The molecule has 1 aliphatic rings. The summed E-state index contributed by atoms with van der Waals surface area (Å²) in [6, 6.07) is 65.8. The molecule has 25 nitrogen and oxygen atoms in total. The molecule has 0 aliphatic carbocycles. The minimum absolute atomic E-state index is 0.191. The van der Waals surface area contributed by atoms with E-state index in [2.05, 4.69) is 77.5 Å². The Morgan fingerprint density at radius 1 is 0.378 bits per heavy atom. The molecular weight excluding hydrogens is 1710 g/mol. The van der Waals surface area contributed by atoms with E-state index < -0.39 is 0 Å². The monoisotopic (exact) mass is 1810 g/mol. The van der Waals surface area contributed by atoms with Crippen molar-refractivity contribution >= 4 is 84.5 Å². The number of para-hydroxylation sites is 1. The van der Waals surface area contributed by atoms with Gasteiger partial charge in [0.25, 0.3) is 0 Å². The highest BCUT2D eigenvalue weighted by molar-refractivity contribution is 5.98. The van der Waals surface area contributed by atoms with E-state index in [9.17, 15) is 41.5 Å². The third-order valence-corrected chi connectivity index (χ3v) is 23.5. The van der Waals surface area contributed by atoms with Crippen LogP contribution in [-0.2, 0) is 11.2 Å². The van der Waals surface area contributed by atoms with Crippen LogP contribution in [0.4, 0.5) is 36.7 Å². The second-order valence-electron chi connectivity index (χ2n) is 33.6. The highest BCUT2D eigenvalue weighted by Gasteiger charge is 2.24. The molecule has 19 rings (SSSR count). The molecule has 9 aromatic carbocycles. The number of fused-ring (bicyclic) bond motifs is 5. The summed E-state index contributed by atoms with van der Waals surface area (Å²) in [5.41, 5.74) is 21.4. The number of rotatable bonds is 22. The summed E-state index contributed by atoms with van der Waals surface area (Å²) in [7, 11) is 7.92. The number of aromatic nitrogens is 13. The molecule has 18 aromatic rings. The van der Waals surface area contributed by atoms with Gasteiger partial charge >= 0.3 is 24.1 Å². The van der Waals surface area contributed by atoms with Gasteiger partial charge in [0, 0.05) is 160 Å². The van der Waals surface area contributed by atoms with Gasteiger partial charge in [-0.05, 0) is 290 Å². The van der Waals surface area contributed by atoms with Crippen LogP contribution in [-0.4, -0.2) is 189 Å². The van der Waals surface area contributed by atoms with E-state index in [0.717, 1.165) is 171 Å². The van der Waals surface area contributed by atoms with Crippen molar-refractivity contribution in [1.29, 1.82) is 0 Å². The first kappa shape index (κ1) is 92.3. The topological polar surface area (TPSA) is 282 Å². The fraction of sp³-hybridized carbons (Fsp3) is 0.198. The van der Waals surface area contributed by atoms with E-state index in [-0.39, 0.29) is 53.3 Å². The van der Waals surface area contributed by atoms with Crippen LogP contribution < -0.4 is 21.3 Å². The Balaban J connectivity index is 0.000000131. The maximum absolute atomic E-state index is 13.8. The van der Waals surface area contributed by atoms with Crippen LogP contribution in [0.1, 0.15) is 53.5 Å². The lowest BCUT2D eigenvalue weighted by Gasteiger charge is -2.15. The molecule has 0 unspecified atom stereocenters. The van der Waals surface area contributed by atoms with Crippen molar-refractivity contribution in [1.82, 2.24) is 100 Å². The molecule has 0 atom stereocenters. The van der Waals surface area contributed by atoms with Gasteiger partial charge < -0.3 is 41.0 Å². The smallest absolute Gasteiger partial charge is 0.342 e. The highest BCUT2D eigenvalue weighted by atomic mass is 19.1. The zero-order valence-electron chi connectivity index (χ0n) is 75.9. The predicted molar refractivity (Wildman–Crippen MR) is 522 cm³/mol. The van der Waals surface area contributed by atoms with Crippen molar-refractivity contribution in [2.75, 3.05) is 80.5 Å². The lowest BCUT2D eigenvalue weighted by atomic mass is 9.97. The van der Waals surface area contributed by atoms with Gasteiger partial charge in [-0.15, -0.1) is 0 Å². The molecule has 0 saturated carbocycles. The number of amides is 5. The third kappa shape index (κ3) is 21.5. The van der Waals surface area contributed by atoms with Crippen LogP contribution in [0, 0.1) is 51.0 Å². The van der Waals surface area contributed by atoms with Gasteiger partial charge in [0.05, 0.1) is 69.6 Å². The number of likely N-dealkylation sites (tertiary alicyclic amines) is 1. The van der Waals surface area contributed by atoms with Crippen molar-refractivity contribution in [2.24, 2.45) is 0 Å². The number of pyridine rings is 4. The second kappa shape index (κ2) is 42.0. The number of carbonyl (C=O) groups excluding carboxylic acids is 5. The molecule has 5 amide bonds. The summed E-state index contributed by atoms with van der Waals surface area (Å²) >= 11 is 0. The Bertz CT molecular complexity index is 7420. The van der Waals surface area contributed by atoms with E-state index in [1.54, 1.807) is 126 Å². The lowest BCUT2D eigenvalue weighted by molar-refractivity contribution is -0.127. The number of H-pyrrole nitrogens is 1. The van der Waals surface area contributed by atoms with Crippen LogP contribution in [0.3, 0.4) is 0 Å². The van der Waals surface area contributed by atoms with Gasteiger partial charge in [-0.2, -0.15) is 39.1 Å². The first-order chi connectivity index (χ1) is 65.5. The summed E-state index contributed by atoms with van der Waals surface area (Å²) in [4.78, 5) is 89.8. The van der Waals surface area contributed by atoms with Crippen LogP contribution in [0.25, 0.3) is 144 Å². The number of hydrogen-bond donors (Lipinski definition) is 5. The first-order valence-electron chi connectivity index (χ1n) is 44.5. The Morgan fingerprint density at radius 3 is 1.05 bits per heavy atom. The Hall–Kier alpha value is -16.0. The minimum atomic E-state index is -0.302. The Labute approximate surface area is 776 Å². The summed E-state index contributed by atoms with van der Waals surface area (Å²) in [6.07, 6.45) is 19.5. The molecule has 0 radical (unpaired) electrons. The zero-order valence-corrected chi connectivity index (χ0v) is 75.9. The Kier molecular flexibility index (Phi) is 28.7. The summed E-state index contributed by atoms with van der Waals surface area (Å²) in [5, 5.41) is 33.4. The third-order valence-electron chi connectivity index (χ3n) is 23.5. The van der Waals surface area contributed by atoms with Gasteiger partial charge in [-0.3, -0.25) is 24.7 Å². The minimum Gasteiger partial charge on any atom is -0.361 e. The van der Waals surface area contributed by atoms with E-state index >= 15 is 0 Å². The largest absolute Gasteiger partial charge is 0.361 e. The molecule has 1 aliphatic heterocycles. The van der Waals surface area contributed by atoms with E-state index in [4.69, 9.17) is 0 Å². The van der Waals surface area contributed by atoms with Crippen LogP contribution in [0.5, 0.6) is 0 Å². The second-order valence-corrected chi connectivity index (χ2v) is 33.6. The standard InChI is InChI=1S/C30H24FN5O.C27H26FN5O2.C25H26FN5O.C24H24FN5O/c1-19-15-21(8-10-26(19)31)29-25(6-4-13-32-29)20-9-11-28-23(16-20)18-35-36(28)30(37)33-14-12-22-17-34-27-7-3-2-5-24(22)27;1-18-15-20(7-9-23(18)28)26-22(5-2-11-29-26)19-8-10-24-21(16-19)17-31-33(24)27(35)30-12-4-14-32-13-3-6-25(32)34;1-17-14-19(7-9-22(17)26)24-21(6-4-11-27-24)18-8-10-23-20(15-18)16-29-31(23)25(32)28-12-5-13-30(2)3;1-16-13-18(6-8-21(16)25)23-20(5-4-10-26-23)17-7-9-22-19(14-17)15-28-30(22)24(31)27-11-12-29(2)3/h2-11,13,15-18,34H,12,14H2,1H3,(H,33,37);2,5,7-11,15-17H,3-4,6,12-14H2,1H3,(H,30,35);4,6-11,14-16H,5,12-13H2,1-3H3,(H,28,32);4-10,13-15H,11-12H2,1-3H3,(H,27,31). The molecule has 10 heterocycles. The average Bonchev–Trinajstić information content (AvgIpc) is 1.75. The van der Waals surface area contributed by atoms with Gasteiger partial charge in [-0.1, -0.05) is 66.7 Å².